The summed E-state index contributed by atoms with van der Waals surface area (Å²) in [5.74, 6) is 0. The van der Waals surface area contributed by atoms with E-state index in [1.807, 2.05) is 0 Å². The lowest BCUT2D eigenvalue weighted by molar-refractivity contribution is 0.859. The highest BCUT2D eigenvalue weighted by Gasteiger charge is 2.01. The van der Waals surface area contributed by atoms with Crippen molar-refractivity contribution in [2.24, 2.45) is 5.73 Å². The average molecular weight is 217 g/mol. The van der Waals surface area contributed by atoms with Gasteiger partial charge < -0.3 is 5.73 Å². The Bertz CT molecular complexity index is 339. The van der Waals surface area contributed by atoms with Crippen molar-refractivity contribution in [3.05, 3.63) is 41.5 Å². The van der Waals surface area contributed by atoms with Crippen molar-refractivity contribution in [1.29, 1.82) is 0 Å². The molecule has 0 bridgehead atoms. The number of hydrogen-bond acceptors (Lipinski definition) is 1. The molecule has 2 N–H and O–H groups in total. The lowest BCUT2D eigenvalue weighted by Crippen LogP contribution is -1.99. The van der Waals surface area contributed by atoms with Gasteiger partial charge in [-0.2, -0.15) is 0 Å². The molecular formula is C15H23N. The average Bonchev–Trinajstić information content (AvgIpc) is 2.29. The first-order valence-electron chi connectivity index (χ1n) is 6.24. The molecule has 1 rings (SSSR count). The second-order valence-electron chi connectivity index (χ2n) is 4.28. The van der Waals surface area contributed by atoms with Crippen LogP contribution in [0.2, 0.25) is 0 Å². The lowest BCUT2D eigenvalue weighted by atomic mass is 9.98. The molecule has 1 aromatic rings. The van der Waals surface area contributed by atoms with Gasteiger partial charge in [0.1, 0.15) is 0 Å². The maximum atomic E-state index is 5.59. The molecule has 0 saturated carbocycles. The van der Waals surface area contributed by atoms with E-state index in [1.54, 1.807) is 0 Å². The SMILES string of the molecule is CCC/C=C(\CCCN)c1cccc(C)c1. The minimum Gasteiger partial charge on any atom is -0.330 e. The van der Waals surface area contributed by atoms with Crippen LogP contribution in [0.25, 0.3) is 5.57 Å². The van der Waals surface area contributed by atoms with Gasteiger partial charge in [-0.25, -0.2) is 0 Å². The fourth-order valence-corrected chi connectivity index (χ4v) is 1.82. The third-order valence-electron chi connectivity index (χ3n) is 2.72. The molecule has 0 radical (unpaired) electrons. The predicted octanol–water partition coefficient (Wildman–Crippen LogP) is 3.92. The molecule has 0 unspecified atom stereocenters. The summed E-state index contributed by atoms with van der Waals surface area (Å²) in [5, 5.41) is 0. The van der Waals surface area contributed by atoms with Crippen LogP contribution in [0.4, 0.5) is 0 Å². The third kappa shape index (κ3) is 4.19. The number of aryl methyl sites for hydroxylation is 1. The molecule has 0 atom stereocenters. The highest BCUT2D eigenvalue weighted by molar-refractivity contribution is 5.66. The van der Waals surface area contributed by atoms with Crippen molar-refractivity contribution in [2.75, 3.05) is 6.54 Å². The van der Waals surface area contributed by atoms with Gasteiger partial charge in [-0.3, -0.25) is 0 Å². The molecule has 0 aliphatic heterocycles. The van der Waals surface area contributed by atoms with Crippen LogP contribution in [0.1, 0.15) is 43.7 Å². The van der Waals surface area contributed by atoms with Crippen LogP contribution in [0.15, 0.2) is 30.3 Å². The highest BCUT2D eigenvalue weighted by Crippen LogP contribution is 2.21. The van der Waals surface area contributed by atoms with E-state index in [2.05, 4.69) is 44.2 Å². The van der Waals surface area contributed by atoms with Gasteiger partial charge in [0.15, 0.2) is 0 Å². The van der Waals surface area contributed by atoms with E-state index in [-0.39, 0.29) is 0 Å². The maximum Gasteiger partial charge on any atom is -0.00741 e. The Morgan fingerprint density at radius 3 is 2.81 bits per heavy atom. The Hall–Kier alpha value is -1.08. The Balaban J connectivity index is 2.82. The molecule has 1 heteroatoms. The van der Waals surface area contributed by atoms with Gasteiger partial charge in [0.2, 0.25) is 0 Å². The molecule has 0 heterocycles. The Morgan fingerprint density at radius 2 is 2.19 bits per heavy atom. The molecule has 16 heavy (non-hydrogen) atoms. The number of rotatable bonds is 6. The van der Waals surface area contributed by atoms with E-state index in [9.17, 15) is 0 Å². The van der Waals surface area contributed by atoms with Gasteiger partial charge >= 0.3 is 0 Å². The summed E-state index contributed by atoms with van der Waals surface area (Å²) in [6.45, 7) is 5.13. The fraction of sp³-hybridized carbons (Fsp3) is 0.467. The van der Waals surface area contributed by atoms with Gasteiger partial charge in [0.25, 0.3) is 0 Å². The van der Waals surface area contributed by atoms with Crippen LogP contribution >= 0.6 is 0 Å². The molecule has 0 aliphatic rings. The summed E-state index contributed by atoms with van der Waals surface area (Å²) in [7, 11) is 0. The van der Waals surface area contributed by atoms with Crippen LogP contribution < -0.4 is 5.73 Å². The van der Waals surface area contributed by atoms with Crippen LogP contribution in [0, 0.1) is 6.92 Å². The van der Waals surface area contributed by atoms with E-state index in [0.717, 1.165) is 25.8 Å². The van der Waals surface area contributed by atoms with Crippen LogP contribution in [-0.2, 0) is 0 Å². The molecule has 1 aromatic carbocycles. The summed E-state index contributed by atoms with van der Waals surface area (Å²) >= 11 is 0. The minimum atomic E-state index is 0.773. The van der Waals surface area contributed by atoms with Crippen molar-refractivity contribution in [1.82, 2.24) is 0 Å². The quantitative estimate of drug-likeness (QED) is 0.768. The van der Waals surface area contributed by atoms with Gasteiger partial charge in [-0.15, -0.1) is 0 Å². The van der Waals surface area contributed by atoms with Gasteiger partial charge in [0, 0.05) is 0 Å². The van der Waals surface area contributed by atoms with Crippen molar-refractivity contribution >= 4 is 5.57 Å². The molecular weight excluding hydrogens is 194 g/mol. The molecule has 0 aliphatic carbocycles. The van der Waals surface area contributed by atoms with Crippen molar-refractivity contribution in [3.63, 3.8) is 0 Å². The van der Waals surface area contributed by atoms with Crippen LogP contribution in [-0.4, -0.2) is 6.54 Å². The summed E-state index contributed by atoms with van der Waals surface area (Å²) in [6, 6.07) is 8.74. The minimum absolute atomic E-state index is 0.773. The molecule has 0 aromatic heterocycles. The van der Waals surface area contributed by atoms with Gasteiger partial charge in [0.05, 0.1) is 0 Å². The molecule has 0 fully saturated rings. The Morgan fingerprint density at radius 1 is 1.38 bits per heavy atom. The van der Waals surface area contributed by atoms with E-state index in [0.29, 0.717) is 0 Å². The second-order valence-corrected chi connectivity index (χ2v) is 4.28. The van der Waals surface area contributed by atoms with E-state index in [1.165, 1.54) is 23.1 Å². The normalized spacial score (nSPS) is 11.8. The topological polar surface area (TPSA) is 26.0 Å². The molecule has 88 valence electrons. The first kappa shape index (κ1) is 13.0. The standard InChI is InChI=1S/C15H23N/c1-3-4-8-14(10-6-11-16)15-9-5-7-13(2)12-15/h5,7-9,12H,3-4,6,10-11,16H2,1-2H3/b14-8+. The summed E-state index contributed by atoms with van der Waals surface area (Å²) in [4.78, 5) is 0. The number of unbranched alkanes of at least 4 members (excludes halogenated alkanes) is 1. The van der Waals surface area contributed by atoms with Gasteiger partial charge in [-0.05, 0) is 43.9 Å². The zero-order valence-electron chi connectivity index (χ0n) is 10.5. The van der Waals surface area contributed by atoms with E-state index >= 15 is 0 Å². The van der Waals surface area contributed by atoms with Crippen molar-refractivity contribution in [3.8, 4) is 0 Å². The second kappa shape index (κ2) is 7.24. The zero-order valence-corrected chi connectivity index (χ0v) is 10.5. The highest BCUT2D eigenvalue weighted by atomic mass is 14.5. The van der Waals surface area contributed by atoms with Crippen LogP contribution in [0.3, 0.4) is 0 Å². The van der Waals surface area contributed by atoms with Crippen LogP contribution in [0.5, 0.6) is 0 Å². The number of hydrogen-bond donors (Lipinski definition) is 1. The predicted molar refractivity (Wildman–Crippen MR) is 72.4 cm³/mol. The molecule has 0 spiro atoms. The maximum absolute atomic E-state index is 5.59. The van der Waals surface area contributed by atoms with Crippen molar-refractivity contribution < 1.29 is 0 Å². The summed E-state index contributed by atoms with van der Waals surface area (Å²) in [5.41, 5.74) is 9.73. The molecule has 0 amide bonds. The monoisotopic (exact) mass is 217 g/mol. The third-order valence-corrected chi connectivity index (χ3v) is 2.72. The largest absolute Gasteiger partial charge is 0.330 e. The summed E-state index contributed by atoms with van der Waals surface area (Å²) < 4.78 is 0. The lowest BCUT2D eigenvalue weighted by Gasteiger charge is -2.08. The number of nitrogens with two attached hydrogens (primary N) is 1. The first-order chi connectivity index (χ1) is 7.77. The molecule has 1 nitrogen and oxygen atoms in total. The Kier molecular flexibility index (Phi) is 5.87. The Labute approximate surface area is 99.4 Å². The molecule has 0 saturated heterocycles. The summed E-state index contributed by atoms with van der Waals surface area (Å²) in [6.07, 6.45) is 6.90. The zero-order chi connectivity index (χ0) is 11.8. The van der Waals surface area contributed by atoms with Crippen molar-refractivity contribution in [2.45, 2.75) is 39.5 Å². The van der Waals surface area contributed by atoms with E-state index < -0.39 is 0 Å². The van der Waals surface area contributed by atoms with Gasteiger partial charge in [-0.1, -0.05) is 49.2 Å². The smallest absolute Gasteiger partial charge is 0.00741 e. The number of allylic oxidation sites excluding steroid dienone is 2. The first-order valence-corrected chi connectivity index (χ1v) is 6.24. The fourth-order valence-electron chi connectivity index (χ4n) is 1.82. The number of benzene rings is 1. The van der Waals surface area contributed by atoms with E-state index in [4.69, 9.17) is 5.73 Å².